The third kappa shape index (κ3) is 5.58. The Morgan fingerprint density at radius 2 is 1.88 bits per heavy atom. The van der Waals surface area contributed by atoms with Gasteiger partial charge in [-0.25, -0.2) is 4.98 Å². The quantitative estimate of drug-likeness (QED) is 0.384. The molecular formula is C25H27N3O2S2. The number of anilines is 2. The van der Waals surface area contributed by atoms with Gasteiger partial charge in [-0.3, -0.25) is 9.59 Å². The number of thioether (sulfide) groups is 1. The Balaban J connectivity index is 1.41. The van der Waals surface area contributed by atoms with Crippen molar-refractivity contribution in [2.45, 2.75) is 50.2 Å². The third-order valence-corrected chi connectivity index (χ3v) is 7.59. The van der Waals surface area contributed by atoms with Gasteiger partial charge < -0.3 is 10.6 Å². The van der Waals surface area contributed by atoms with E-state index in [1.807, 2.05) is 38.1 Å². The van der Waals surface area contributed by atoms with Gasteiger partial charge in [0.1, 0.15) is 0 Å². The van der Waals surface area contributed by atoms with E-state index >= 15 is 0 Å². The average molecular weight is 466 g/mol. The SMILES string of the molecule is CCC(Sc1cccc(NC(=O)C2CC2)c1)C(=O)Nc1nc(-c2ccc(C)cc2)c(C)s1. The summed E-state index contributed by atoms with van der Waals surface area (Å²) in [6.07, 6.45) is 2.63. The highest BCUT2D eigenvalue weighted by molar-refractivity contribution is 8.00. The first-order valence-corrected chi connectivity index (χ1v) is 12.6. The Morgan fingerprint density at radius 3 is 2.56 bits per heavy atom. The van der Waals surface area contributed by atoms with Crippen LogP contribution in [0.25, 0.3) is 11.3 Å². The summed E-state index contributed by atoms with van der Waals surface area (Å²) >= 11 is 3.00. The van der Waals surface area contributed by atoms with Crippen LogP contribution >= 0.6 is 23.1 Å². The van der Waals surface area contributed by atoms with Crippen molar-refractivity contribution >= 4 is 45.7 Å². The van der Waals surface area contributed by atoms with Gasteiger partial charge in [0, 0.05) is 26.9 Å². The minimum Gasteiger partial charge on any atom is -0.326 e. The predicted octanol–water partition coefficient (Wildman–Crippen LogP) is 6.28. The fraction of sp³-hybridized carbons (Fsp3) is 0.320. The molecule has 1 aromatic heterocycles. The van der Waals surface area contributed by atoms with E-state index in [9.17, 15) is 9.59 Å². The summed E-state index contributed by atoms with van der Waals surface area (Å²) in [5.74, 6) is 0.182. The van der Waals surface area contributed by atoms with Crippen molar-refractivity contribution in [1.82, 2.24) is 4.98 Å². The zero-order valence-electron chi connectivity index (χ0n) is 18.5. The maximum Gasteiger partial charge on any atom is 0.239 e. The van der Waals surface area contributed by atoms with Gasteiger partial charge in [-0.2, -0.15) is 0 Å². The molecule has 2 amide bonds. The lowest BCUT2D eigenvalue weighted by Gasteiger charge is -2.14. The van der Waals surface area contributed by atoms with Crippen molar-refractivity contribution in [2.75, 3.05) is 10.6 Å². The number of nitrogens with one attached hydrogen (secondary N) is 2. The summed E-state index contributed by atoms with van der Waals surface area (Å²) in [5, 5.41) is 6.34. The number of nitrogens with zero attached hydrogens (tertiary/aromatic N) is 1. The Labute approximate surface area is 197 Å². The molecule has 0 radical (unpaired) electrons. The molecule has 5 nitrogen and oxygen atoms in total. The van der Waals surface area contributed by atoms with Crippen LogP contribution < -0.4 is 10.6 Å². The highest BCUT2D eigenvalue weighted by atomic mass is 32.2. The monoisotopic (exact) mass is 465 g/mol. The first kappa shape index (κ1) is 22.6. The molecule has 166 valence electrons. The molecule has 0 aliphatic heterocycles. The lowest BCUT2D eigenvalue weighted by Crippen LogP contribution is -2.24. The number of carbonyl (C=O) groups is 2. The molecule has 2 N–H and O–H groups in total. The molecule has 0 bridgehead atoms. The van der Waals surface area contributed by atoms with Gasteiger partial charge in [0.15, 0.2) is 5.13 Å². The van der Waals surface area contributed by atoms with Crippen molar-refractivity contribution < 1.29 is 9.59 Å². The van der Waals surface area contributed by atoms with Crippen LogP contribution in [0.3, 0.4) is 0 Å². The lowest BCUT2D eigenvalue weighted by atomic mass is 10.1. The molecule has 1 heterocycles. The predicted molar refractivity (Wildman–Crippen MR) is 133 cm³/mol. The van der Waals surface area contributed by atoms with Crippen LogP contribution in [0.1, 0.15) is 36.6 Å². The van der Waals surface area contributed by atoms with Crippen molar-refractivity contribution in [1.29, 1.82) is 0 Å². The average Bonchev–Trinajstić information content (AvgIpc) is 3.56. The van der Waals surface area contributed by atoms with Crippen LogP contribution in [-0.2, 0) is 9.59 Å². The van der Waals surface area contributed by atoms with Crippen molar-refractivity contribution in [2.24, 2.45) is 5.92 Å². The second kappa shape index (κ2) is 9.88. The molecule has 32 heavy (non-hydrogen) atoms. The van der Waals surface area contributed by atoms with Crippen LogP contribution in [0, 0.1) is 19.8 Å². The number of benzene rings is 2. The molecule has 1 saturated carbocycles. The second-order valence-corrected chi connectivity index (χ2v) is 10.6. The molecule has 1 aliphatic carbocycles. The number of amides is 2. The number of carbonyl (C=O) groups excluding carboxylic acids is 2. The minimum absolute atomic E-state index is 0.0610. The van der Waals surface area contributed by atoms with Gasteiger partial charge in [0.2, 0.25) is 11.8 Å². The van der Waals surface area contributed by atoms with Gasteiger partial charge in [0.05, 0.1) is 10.9 Å². The Bertz CT molecular complexity index is 1120. The highest BCUT2D eigenvalue weighted by Crippen LogP contribution is 2.33. The molecule has 1 aliphatic rings. The van der Waals surface area contributed by atoms with Crippen molar-refractivity contribution in [3.05, 3.63) is 59.0 Å². The molecule has 0 saturated heterocycles. The number of aromatic nitrogens is 1. The number of hydrogen-bond donors (Lipinski definition) is 2. The molecule has 1 fully saturated rings. The van der Waals surface area contributed by atoms with Crippen molar-refractivity contribution in [3.8, 4) is 11.3 Å². The van der Waals surface area contributed by atoms with E-state index < -0.39 is 0 Å². The maximum absolute atomic E-state index is 13.0. The largest absolute Gasteiger partial charge is 0.326 e. The summed E-state index contributed by atoms with van der Waals surface area (Å²) in [4.78, 5) is 31.7. The van der Waals surface area contributed by atoms with E-state index in [1.54, 1.807) is 0 Å². The molecule has 3 aromatic rings. The van der Waals surface area contributed by atoms with E-state index in [2.05, 4.69) is 46.8 Å². The fourth-order valence-corrected chi connectivity index (χ4v) is 5.19. The number of thiazole rings is 1. The zero-order chi connectivity index (χ0) is 22.7. The summed E-state index contributed by atoms with van der Waals surface area (Å²) in [6.45, 7) is 6.08. The molecule has 7 heteroatoms. The van der Waals surface area contributed by atoms with Gasteiger partial charge >= 0.3 is 0 Å². The third-order valence-electron chi connectivity index (χ3n) is 5.34. The lowest BCUT2D eigenvalue weighted by molar-refractivity contribution is -0.117. The number of hydrogen-bond acceptors (Lipinski definition) is 5. The molecular weight excluding hydrogens is 438 g/mol. The van der Waals surface area contributed by atoms with Crippen LogP contribution in [0.2, 0.25) is 0 Å². The first-order valence-electron chi connectivity index (χ1n) is 10.9. The molecule has 4 rings (SSSR count). The summed E-state index contributed by atoms with van der Waals surface area (Å²) in [5.41, 5.74) is 3.94. The Kier molecular flexibility index (Phi) is 6.96. The Morgan fingerprint density at radius 1 is 1.12 bits per heavy atom. The van der Waals surface area contributed by atoms with Gasteiger partial charge in [0.25, 0.3) is 0 Å². The standard InChI is InChI=1S/C25H27N3O2S2/c1-4-21(32-20-7-5-6-19(14-20)26-23(29)18-12-13-18)24(30)28-25-27-22(16(3)31-25)17-10-8-15(2)9-11-17/h5-11,14,18,21H,4,12-13H2,1-3H3,(H,26,29)(H,27,28,30). The van der Waals surface area contributed by atoms with E-state index in [-0.39, 0.29) is 23.0 Å². The molecule has 0 spiro atoms. The smallest absolute Gasteiger partial charge is 0.239 e. The molecule has 1 unspecified atom stereocenters. The number of aryl methyl sites for hydroxylation is 2. The Hall–Kier alpha value is -2.64. The summed E-state index contributed by atoms with van der Waals surface area (Å²) in [6, 6.07) is 15.9. The zero-order valence-corrected chi connectivity index (χ0v) is 20.1. The van der Waals surface area contributed by atoms with Gasteiger partial charge in [-0.1, -0.05) is 42.8 Å². The van der Waals surface area contributed by atoms with E-state index in [0.717, 1.165) is 39.6 Å². The summed E-state index contributed by atoms with van der Waals surface area (Å²) in [7, 11) is 0. The van der Waals surface area contributed by atoms with Crippen LogP contribution in [0.15, 0.2) is 53.4 Å². The van der Waals surface area contributed by atoms with Gasteiger partial charge in [-0.05, 0) is 51.3 Å². The highest BCUT2D eigenvalue weighted by Gasteiger charge is 2.29. The van der Waals surface area contributed by atoms with E-state index in [0.29, 0.717) is 11.6 Å². The topological polar surface area (TPSA) is 71.1 Å². The van der Waals surface area contributed by atoms with E-state index in [4.69, 9.17) is 0 Å². The molecule has 2 aromatic carbocycles. The summed E-state index contributed by atoms with van der Waals surface area (Å²) < 4.78 is 0. The number of rotatable bonds is 8. The van der Waals surface area contributed by atoms with Crippen molar-refractivity contribution in [3.63, 3.8) is 0 Å². The fourth-order valence-electron chi connectivity index (χ4n) is 3.34. The van der Waals surface area contributed by atoms with Crippen LogP contribution in [-0.4, -0.2) is 22.0 Å². The van der Waals surface area contributed by atoms with E-state index in [1.165, 1.54) is 28.7 Å². The normalized spacial score (nSPS) is 14.1. The second-order valence-electron chi connectivity index (χ2n) is 8.09. The molecule has 1 atom stereocenters. The minimum atomic E-state index is -0.253. The van der Waals surface area contributed by atoms with Gasteiger partial charge in [-0.15, -0.1) is 23.1 Å². The van der Waals surface area contributed by atoms with Crippen LogP contribution in [0.4, 0.5) is 10.8 Å². The van der Waals surface area contributed by atoms with Crippen LogP contribution in [0.5, 0.6) is 0 Å². The first-order chi connectivity index (χ1) is 15.4. The maximum atomic E-state index is 13.0.